The molecule has 2 rings (SSSR count). The third-order valence-electron chi connectivity index (χ3n) is 1.58. The number of fused-ring (bicyclic) bond motifs is 1. The van der Waals surface area contributed by atoms with E-state index in [4.69, 9.17) is 23.2 Å². The summed E-state index contributed by atoms with van der Waals surface area (Å²) in [6.45, 7) is 0. The lowest BCUT2D eigenvalue weighted by Crippen LogP contribution is -1.92. The van der Waals surface area contributed by atoms with Gasteiger partial charge in [0, 0.05) is 22.6 Å². The Balaban J connectivity index is 2.64. The van der Waals surface area contributed by atoms with Gasteiger partial charge in [-0.05, 0) is 0 Å². The van der Waals surface area contributed by atoms with Crippen LogP contribution in [-0.4, -0.2) is 10.2 Å². The highest BCUT2D eigenvalue weighted by atomic mass is 35.5. The first-order valence-electron chi connectivity index (χ1n) is 3.06. The molecule has 0 fully saturated rings. The van der Waals surface area contributed by atoms with E-state index in [1.807, 2.05) is 0 Å². The number of hydrogen-bond acceptors (Lipinski definition) is 3. The minimum Gasteiger partial charge on any atom is -0.152 e. The SMILES string of the molecule is Clc1nnc(Cl)c2c1CSC2. The van der Waals surface area contributed by atoms with Crippen LogP contribution in [0.4, 0.5) is 0 Å². The Hall–Kier alpha value is 0.01000. The third kappa shape index (κ3) is 1.21. The average molecular weight is 207 g/mol. The molecule has 2 nitrogen and oxygen atoms in total. The predicted octanol–water partition coefficient (Wildman–Crippen LogP) is 2.53. The van der Waals surface area contributed by atoms with E-state index in [1.165, 1.54) is 0 Å². The van der Waals surface area contributed by atoms with Gasteiger partial charge in [0.25, 0.3) is 0 Å². The van der Waals surface area contributed by atoms with E-state index in [0.717, 1.165) is 22.6 Å². The molecule has 0 aliphatic carbocycles. The van der Waals surface area contributed by atoms with Gasteiger partial charge in [0.15, 0.2) is 10.3 Å². The summed E-state index contributed by atoms with van der Waals surface area (Å²) in [4.78, 5) is 0. The molecular weight excluding hydrogens is 203 g/mol. The predicted molar refractivity (Wildman–Crippen MR) is 47.1 cm³/mol. The molecule has 0 atom stereocenters. The van der Waals surface area contributed by atoms with E-state index >= 15 is 0 Å². The van der Waals surface area contributed by atoms with Crippen molar-refractivity contribution in [2.24, 2.45) is 0 Å². The molecule has 11 heavy (non-hydrogen) atoms. The summed E-state index contributed by atoms with van der Waals surface area (Å²) in [6, 6.07) is 0. The number of aromatic nitrogens is 2. The summed E-state index contributed by atoms with van der Waals surface area (Å²) < 4.78 is 0. The topological polar surface area (TPSA) is 25.8 Å². The Labute approximate surface area is 78.3 Å². The Kier molecular flexibility index (Phi) is 1.95. The van der Waals surface area contributed by atoms with E-state index in [-0.39, 0.29) is 0 Å². The second-order valence-corrected chi connectivity index (χ2v) is 3.93. The van der Waals surface area contributed by atoms with Crippen LogP contribution in [0.1, 0.15) is 11.1 Å². The summed E-state index contributed by atoms with van der Waals surface area (Å²) in [5.74, 6) is 1.81. The van der Waals surface area contributed by atoms with E-state index in [9.17, 15) is 0 Å². The van der Waals surface area contributed by atoms with Crippen LogP contribution in [0.25, 0.3) is 0 Å². The zero-order valence-corrected chi connectivity index (χ0v) is 7.80. The van der Waals surface area contributed by atoms with Crippen molar-refractivity contribution in [2.45, 2.75) is 11.5 Å². The molecule has 0 aromatic carbocycles. The van der Waals surface area contributed by atoms with Gasteiger partial charge < -0.3 is 0 Å². The van der Waals surface area contributed by atoms with Crippen LogP contribution in [0.15, 0.2) is 0 Å². The Morgan fingerprint density at radius 3 is 1.91 bits per heavy atom. The average Bonchev–Trinajstić information content (AvgIpc) is 2.45. The van der Waals surface area contributed by atoms with Gasteiger partial charge >= 0.3 is 0 Å². The molecule has 0 spiro atoms. The molecule has 0 amide bonds. The first kappa shape index (κ1) is 7.65. The zero-order chi connectivity index (χ0) is 7.84. The van der Waals surface area contributed by atoms with Gasteiger partial charge in [0.2, 0.25) is 0 Å². The van der Waals surface area contributed by atoms with E-state index in [0.29, 0.717) is 10.3 Å². The number of thioether (sulfide) groups is 1. The smallest absolute Gasteiger partial charge is 0.152 e. The Morgan fingerprint density at radius 2 is 1.45 bits per heavy atom. The van der Waals surface area contributed by atoms with Crippen LogP contribution in [0.3, 0.4) is 0 Å². The summed E-state index contributed by atoms with van der Waals surface area (Å²) in [5.41, 5.74) is 2.10. The molecule has 0 saturated carbocycles. The molecule has 58 valence electrons. The van der Waals surface area contributed by atoms with Crippen LogP contribution in [-0.2, 0) is 11.5 Å². The monoisotopic (exact) mass is 206 g/mol. The lowest BCUT2D eigenvalue weighted by Gasteiger charge is -1.99. The second kappa shape index (κ2) is 2.81. The summed E-state index contributed by atoms with van der Waals surface area (Å²) >= 11 is 13.4. The summed E-state index contributed by atoms with van der Waals surface area (Å²) in [6.07, 6.45) is 0. The summed E-state index contributed by atoms with van der Waals surface area (Å²) in [5, 5.41) is 8.43. The Morgan fingerprint density at radius 1 is 1.00 bits per heavy atom. The highest BCUT2D eigenvalue weighted by Crippen LogP contribution is 2.36. The minimum atomic E-state index is 0.495. The van der Waals surface area contributed by atoms with Crippen LogP contribution in [0.5, 0.6) is 0 Å². The maximum atomic E-state index is 5.80. The Bertz CT molecular complexity index is 274. The van der Waals surface area contributed by atoms with Crippen molar-refractivity contribution in [3.63, 3.8) is 0 Å². The fourth-order valence-electron chi connectivity index (χ4n) is 1.01. The van der Waals surface area contributed by atoms with Gasteiger partial charge in [0.1, 0.15) is 0 Å². The second-order valence-electron chi connectivity index (χ2n) is 2.23. The molecule has 1 aromatic heterocycles. The largest absolute Gasteiger partial charge is 0.156 e. The molecule has 2 heterocycles. The van der Waals surface area contributed by atoms with Crippen LogP contribution in [0, 0.1) is 0 Å². The van der Waals surface area contributed by atoms with Gasteiger partial charge in [0.05, 0.1) is 0 Å². The van der Waals surface area contributed by atoms with Crippen LogP contribution in [0.2, 0.25) is 10.3 Å². The lowest BCUT2D eigenvalue weighted by atomic mass is 10.2. The first-order chi connectivity index (χ1) is 5.29. The van der Waals surface area contributed by atoms with Crippen molar-refractivity contribution in [2.75, 3.05) is 0 Å². The zero-order valence-electron chi connectivity index (χ0n) is 5.47. The number of nitrogens with zero attached hydrogens (tertiary/aromatic N) is 2. The van der Waals surface area contributed by atoms with Gasteiger partial charge in [-0.25, -0.2) is 0 Å². The quantitative estimate of drug-likeness (QED) is 0.653. The van der Waals surface area contributed by atoms with Crippen LogP contribution < -0.4 is 0 Å². The molecule has 0 saturated heterocycles. The molecule has 1 aliphatic heterocycles. The van der Waals surface area contributed by atoms with Crippen molar-refractivity contribution >= 4 is 35.0 Å². The highest BCUT2D eigenvalue weighted by molar-refractivity contribution is 7.98. The van der Waals surface area contributed by atoms with Gasteiger partial charge in [-0.15, -0.1) is 10.2 Å². The normalized spacial score (nSPS) is 15.1. The van der Waals surface area contributed by atoms with Crippen LogP contribution >= 0.6 is 35.0 Å². The van der Waals surface area contributed by atoms with Crippen molar-refractivity contribution < 1.29 is 0 Å². The standard InChI is InChI=1S/C6H4Cl2N2S/c7-5-3-1-11-2-4(3)6(8)10-9-5/h1-2H2. The van der Waals surface area contributed by atoms with Crippen molar-refractivity contribution in [1.82, 2.24) is 10.2 Å². The van der Waals surface area contributed by atoms with Gasteiger partial charge in [-0.2, -0.15) is 11.8 Å². The van der Waals surface area contributed by atoms with E-state index < -0.39 is 0 Å². The summed E-state index contributed by atoms with van der Waals surface area (Å²) in [7, 11) is 0. The van der Waals surface area contributed by atoms with Crippen molar-refractivity contribution in [3.05, 3.63) is 21.4 Å². The minimum absolute atomic E-state index is 0.495. The lowest BCUT2D eigenvalue weighted by molar-refractivity contribution is 0.997. The molecule has 5 heteroatoms. The number of halogens is 2. The molecule has 1 aromatic rings. The third-order valence-corrected chi connectivity index (χ3v) is 3.17. The maximum Gasteiger partial charge on any atom is 0.156 e. The molecule has 0 bridgehead atoms. The molecule has 1 aliphatic rings. The number of hydrogen-bond donors (Lipinski definition) is 0. The molecule has 0 radical (unpaired) electrons. The van der Waals surface area contributed by atoms with E-state index in [2.05, 4.69) is 10.2 Å². The van der Waals surface area contributed by atoms with Gasteiger partial charge in [-0.1, -0.05) is 23.2 Å². The fourth-order valence-corrected chi connectivity index (χ4v) is 2.73. The van der Waals surface area contributed by atoms with E-state index in [1.54, 1.807) is 11.8 Å². The van der Waals surface area contributed by atoms with Crippen molar-refractivity contribution in [1.29, 1.82) is 0 Å². The highest BCUT2D eigenvalue weighted by Gasteiger charge is 2.19. The molecular formula is C6H4Cl2N2S. The van der Waals surface area contributed by atoms with Crippen molar-refractivity contribution in [3.8, 4) is 0 Å². The maximum absolute atomic E-state index is 5.80. The fraction of sp³-hybridized carbons (Fsp3) is 0.333. The van der Waals surface area contributed by atoms with Gasteiger partial charge in [-0.3, -0.25) is 0 Å². The molecule has 0 unspecified atom stereocenters. The number of rotatable bonds is 0. The first-order valence-corrected chi connectivity index (χ1v) is 4.97. The molecule has 0 N–H and O–H groups in total.